The lowest BCUT2D eigenvalue weighted by atomic mass is 10.0. The Kier molecular flexibility index (Phi) is 15.5. The molecule has 0 aromatic carbocycles. The van der Waals surface area contributed by atoms with Gasteiger partial charge < -0.3 is 43.4 Å². The van der Waals surface area contributed by atoms with Crippen molar-refractivity contribution >= 4 is 35.6 Å². The zero-order valence-corrected chi connectivity index (χ0v) is 22.0. The third-order valence-electron chi connectivity index (χ3n) is 5.24. The van der Waals surface area contributed by atoms with E-state index >= 15 is 0 Å². The highest BCUT2D eigenvalue weighted by molar-refractivity contribution is 5.94. The zero-order valence-electron chi connectivity index (χ0n) is 22.0. The predicted octanol–water partition coefficient (Wildman–Crippen LogP) is -1.14. The summed E-state index contributed by atoms with van der Waals surface area (Å²) in [5.74, 6) is -4.64. The van der Waals surface area contributed by atoms with Crippen molar-refractivity contribution in [3.05, 3.63) is 0 Å². The van der Waals surface area contributed by atoms with E-state index in [1.165, 1.54) is 0 Å². The number of aliphatic imine (C=N–C) groups is 1. The number of guanidine groups is 1. The summed E-state index contributed by atoms with van der Waals surface area (Å²) in [6.07, 6.45) is 0.171. The summed E-state index contributed by atoms with van der Waals surface area (Å²) < 4.78 is 0. The summed E-state index contributed by atoms with van der Waals surface area (Å²) in [5, 5.41) is 25.9. The molecule has 0 saturated heterocycles. The number of nitrogens with zero attached hydrogens (tertiary/aromatic N) is 1. The fourth-order valence-electron chi connectivity index (χ4n) is 3.44. The number of carboxylic acid groups (broad SMARTS) is 2. The largest absolute Gasteiger partial charge is 0.481 e. The van der Waals surface area contributed by atoms with Crippen LogP contribution in [0.4, 0.5) is 0 Å². The number of carbonyl (C=O) groups is 5. The van der Waals surface area contributed by atoms with Crippen LogP contribution in [0.5, 0.6) is 0 Å². The highest BCUT2D eigenvalue weighted by Crippen LogP contribution is 2.09. The monoisotopic (exact) mass is 529 g/mol. The van der Waals surface area contributed by atoms with Gasteiger partial charge in [-0.1, -0.05) is 27.7 Å². The average molecular weight is 530 g/mol. The Labute approximate surface area is 217 Å². The number of rotatable bonds is 18. The van der Waals surface area contributed by atoms with Crippen LogP contribution >= 0.6 is 0 Å². The van der Waals surface area contributed by atoms with Gasteiger partial charge in [0.05, 0.1) is 6.04 Å². The Bertz CT molecular complexity index is 813. The first kappa shape index (κ1) is 33.6. The number of nitrogens with one attached hydrogen (secondary N) is 3. The van der Waals surface area contributed by atoms with Gasteiger partial charge in [0.2, 0.25) is 17.7 Å². The Balaban J connectivity index is 5.70. The molecule has 0 aromatic heterocycles. The molecular formula is C23H43N7O7. The van der Waals surface area contributed by atoms with Gasteiger partial charge in [-0.3, -0.25) is 24.2 Å². The van der Waals surface area contributed by atoms with Crippen LogP contribution in [-0.2, 0) is 24.0 Å². The molecule has 37 heavy (non-hydrogen) atoms. The fraction of sp³-hybridized carbons (Fsp3) is 0.739. The minimum atomic E-state index is -1.28. The molecule has 212 valence electrons. The minimum Gasteiger partial charge on any atom is -0.481 e. The summed E-state index contributed by atoms with van der Waals surface area (Å²) in [7, 11) is 0. The molecule has 0 radical (unpaired) electrons. The van der Waals surface area contributed by atoms with Gasteiger partial charge in [-0.25, -0.2) is 4.79 Å². The fourth-order valence-corrected chi connectivity index (χ4v) is 3.44. The van der Waals surface area contributed by atoms with E-state index in [1.54, 1.807) is 13.8 Å². The number of carboxylic acids is 2. The molecule has 0 saturated carbocycles. The lowest BCUT2D eigenvalue weighted by Crippen LogP contribution is -2.57. The van der Waals surface area contributed by atoms with Crippen molar-refractivity contribution in [3.8, 4) is 0 Å². The topological polar surface area (TPSA) is 252 Å². The average Bonchev–Trinajstić information content (AvgIpc) is 2.76. The number of aliphatic carboxylic acids is 2. The molecule has 0 heterocycles. The Morgan fingerprint density at radius 2 is 1.24 bits per heavy atom. The van der Waals surface area contributed by atoms with Crippen LogP contribution in [0.15, 0.2) is 4.99 Å². The van der Waals surface area contributed by atoms with E-state index in [0.717, 1.165) is 0 Å². The Hall–Kier alpha value is -3.42. The molecule has 0 aliphatic carbocycles. The molecule has 14 heteroatoms. The number of carbonyl (C=O) groups excluding carboxylic acids is 3. The highest BCUT2D eigenvalue weighted by atomic mass is 16.4. The maximum absolute atomic E-state index is 13.1. The van der Waals surface area contributed by atoms with Crippen LogP contribution in [0.25, 0.3) is 0 Å². The van der Waals surface area contributed by atoms with Crippen molar-refractivity contribution in [2.24, 2.45) is 34.0 Å². The van der Waals surface area contributed by atoms with Gasteiger partial charge >= 0.3 is 11.9 Å². The van der Waals surface area contributed by atoms with E-state index in [-0.39, 0.29) is 50.0 Å². The van der Waals surface area contributed by atoms with E-state index < -0.39 is 60.2 Å². The molecule has 0 aromatic rings. The van der Waals surface area contributed by atoms with Crippen molar-refractivity contribution < 1.29 is 34.2 Å². The van der Waals surface area contributed by atoms with Gasteiger partial charge in [0, 0.05) is 13.0 Å². The van der Waals surface area contributed by atoms with Crippen LogP contribution in [-0.4, -0.2) is 76.5 Å². The van der Waals surface area contributed by atoms with Crippen molar-refractivity contribution in [3.63, 3.8) is 0 Å². The molecule has 4 unspecified atom stereocenters. The van der Waals surface area contributed by atoms with E-state index in [4.69, 9.17) is 22.3 Å². The second-order valence-corrected chi connectivity index (χ2v) is 9.77. The van der Waals surface area contributed by atoms with E-state index in [9.17, 15) is 29.1 Å². The number of hydrogen-bond donors (Lipinski definition) is 8. The van der Waals surface area contributed by atoms with Gasteiger partial charge in [-0.05, 0) is 43.9 Å². The van der Waals surface area contributed by atoms with E-state index in [0.29, 0.717) is 6.42 Å². The molecule has 3 amide bonds. The summed E-state index contributed by atoms with van der Waals surface area (Å²) in [6.45, 7) is 7.50. The van der Waals surface area contributed by atoms with Gasteiger partial charge in [0.15, 0.2) is 5.96 Å². The van der Waals surface area contributed by atoms with Crippen molar-refractivity contribution in [1.29, 1.82) is 0 Å². The summed E-state index contributed by atoms with van der Waals surface area (Å²) in [6, 6.07) is -4.56. The molecular weight excluding hydrogens is 486 g/mol. The minimum absolute atomic E-state index is 0.0260. The Morgan fingerprint density at radius 3 is 1.70 bits per heavy atom. The van der Waals surface area contributed by atoms with Gasteiger partial charge in [-0.15, -0.1) is 0 Å². The predicted molar refractivity (Wildman–Crippen MR) is 137 cm³/mol. The summed E-state index contributed by atoms with van der Waals surface area (Å²) in [5.41, 5.74) is 16.5. The number of nitrogens with two attached hydrogens (primary N) is 3. The number of hydrogen-bond acceptors (Lipinski definition) is 7. The lowest BCUT2D eigenvalue weighted by molar-refractivity contribution is -0.142. The molecule has 0 bridgehead atoms. The smallest absolute Gasteiger partial charge is 0.326 e. The maximum Gasteiger partial charge on any atom is 0.326 e. The third-order valence-corrected chi connectivity index (χ3v) is 5.24. The molecule has 0 fully saturated rings. The summed E-state index contributed by atoms with van der Waals surface area (Å²) >= 11 is 0. The second kappa shape index (κ2) is 17.1. The summed E-state index contributed by atoms with van der Waals surface area (Å²) in [4.78, 5) is 65.1. The maximum atomic E-state index is 13.1. The normalized spacial score (nSPS) is 14.2. The Morgan fingerprint density at radius 1 is 0.757 bits per heavy atom. The van der Waals surface area contributed by atoms with Crippen LogP contribution in [0, 0.1) is 11.8 Å². The molecule has 11 N–H and O–H groups in total. The third kappa shape index (κ3) is 15.3. The van der Waals surface area contributed by atoms with E-state index in [1.807, 2.05) is 13.8 Å². The van der Waals surface area contributed by atoms with Crippen LogP contribution < -0.4 is 33.2 Å². The first-order chi connectivity index (χ1) is 17.1. The highest BCUT2D eigenvalue weighted by Gasteiger charge is 2.30. The second-order valence-electron chi connectivity index (χ2n) is 9.77. The SMILES string of the molecule is CC(C)CC(N)C(=O)NC(CCC(=O)O)C(=O)NC(CCCN=C(N)N)C(=O)NC(CC(C)C)C(=O)O. The van der Waals surface area contributed by atoms with Crippen molar-refractivity contribution in [1.82, 2.24) is 16.0 Å². The van der Waals surface area contributed by atoms with E-state index in [2.05, 4.69) is 20.9 Å². The van der Waals surface area contributed by atoms with Crippen LogP contribution in [0.1, 0.15) is 66.2 Å². The number of amides is 3. The first-order valence-corrected chi connectivity index (χ1v) is 12.3. The standard InChI is InChI=1S/C23H43N7O7/c1-12(2)10-14(24)19(33)28-16(7-8-18(31)32)21(35)29-15(6-5-9-27-23(25)26)20(34)30-17(22(36)37)11-13(3)4/h12-17H,5-11,24H2,1-4H3,(H,28,33)(H,29,35)(H,30,34)(H,31,32)(H,36,37)(H4,25,26,27). The quantitative estimate of drug-likeness (QED) is 0.0601. The molecule has 14 nitrogen and oxygen atoms in total. The molecule has 0 aliphatic rings. The van der Waals surface area contributed by atoms with Gasteiger partial charge in [0.25, 0.3) is 0 Å². The zero-order chi connectivity index (χ0) is 28.7. The first-order valence-electron chi connectivity index (χ1n) is 12.3. The van der Waals surface area contributed by atoms with Crippen molar-refractivity contribution in [2.45, 2.75) is 90.4 Å². The lowest BCUT2D eigenvalue weighted by Gasteiger charge is -2.25. The van der Waals surface area contributed by atoms with Crippen molar-refractivity contribution in [2.75, 3.05) is 6.54 Å². The van der Waals surface area contributed by atoms with Gasteiger partial charge in [-0.2, -0.15) is 0 Å². The van der Waals surface area contributed by atoms with Gasteiger partial charge in [0.1, 0.15) is 18.1 Å². The van der Waals surface area contributed by atoms with Crippen LogP contribution in [0.3, 0.4) is 0 Å². The molecule has 0 aliphatic heterocycles. The molecule has 0 spiro atoms. The molecule has 0 rings (SSSR count). The molecule has 4 atom stereocenters. The van der Waals surface area contributed by atoms with Crippen LogP contribution in [0.2, 0.25) is 0 Å².